The summed E-state index contributed by atoms with van der Waals surface area (Å²) in [5.74, 6) is 6.95. The van der Waals surface area contributed by atoms with Gasteiger partial charge < -0.3 is 4.74 Å². The SMILES string of the molecule is COc1ccccc1/C=C/C#Cc1ccccc1. The quantitative estimate of drug-likeness (QED) is 0.719. The summed E-state index contributed by atoms with van der Waals surface area (Å²) in [7, 11) is 1.67. The molecule has 1 nitrogen and oxygen atoms in total. The average molecular weight is 234 g/mol. The Kier molecular flexibility index (Phi) is 4.22. The van der Waals surface area contributed by atoms with Crippen molar-refractivity contribution in [3.05, 3.63) is 71.8 Å². The van der Waals surface area contributed by atoms with E-state index in [4.69, 9.17) is 4.74 Å². The summed E-state index contributed by atoms with van der Waals surface area (Å²) in [6, 6.07) is 17.8. The van der Waals surface area contributed by atoms with Gasteiger partial charge in [-0.15, -0.1) is 0 Å². The van der Waals surface area contributed by atoms with E-state index in [1.165, 1.54) is 0 Å². The molecule has 0 unspecified atom stereocenters. The Morgan fingerprint density at radius 1 is 0.944 bits per heavy atom. The molecule has 0 aliphatic carbocycles. The van der Waals surface area contributed by atoms with Gasteiger partial charge in [-0.05, 0) is 30.4 Å². The second-order valence-electron chi connectivity index (χ2n) is 3.71. The van der Waals surface area contributed by atoms with Crippen molar-refractivity contribution >= 4 is 6.08 Å². The van der Waals surface area contributed by atoms with Gasteiger partial charge in [0.1, 0.15) is 5.75 Å². The zero-order chi connectivity index (χ0) is 12.6. The van der Waals surface area contributed by atoms with Crippen molar-refractivity contribution in [2.45, 2.75) is 0 Å². The van der Waals surface area contributed by atoms with Crippen LogP contribution in [0.4, 0.5) is 0 Å². The van der Waals surface area contributed by atoms with Crippen LogP contribution in [-0.2, 0) is 0 Å². The second kappa shape index (κ2) is 6.32. The molecule has 0 spiro atoms. The summed E-state index contributed by atoms with van der Waals surface area (Å²) < 4.78 is 5.26. The van der Waals surface area contributed by atoms with Crippen LogP contribution in [0.25, 0.3) is 6.08 Å². The van der Waals surface area contributed by atoms with Crippen LogP contribution in [0, 0.1) is 11.8 Å². The van der Waals surface area contributed by atoms with E-state index in [1.54, 1.807) is 7.11 Å². The number of allylic oxidation sites excluding steroid dienone is 1. The molecule has 18 heavy (non-hydrogen) atoms. The lowest BCUT2D eigenvalue weighted by Crippen LogP contribution is -1.85. The summed E-state index contributed by atoms with van der Waals surface area (Å²) in [4.78, 5) is 0. The third-order valence-corrected chi connectivity index (χ3v) is 2.48. The highest BCUT2D eigenvalue weighted by molar-refractivity contribution is 5.59. The molecule has 2 aromatic carbocycles. The molecule has 2 aromatic rings. The zero-order valence-corrected chi connectivity index (χ0v) is 10.3. The largest absolute Gasteiger partial charge is 0.496 e. The summed E-state index contributed by atoms with van der Waals surface area (Å²) in [6.07, 6.45) is 3.79. The number of ether oxygens (including phenoxy) is 1. The molecule has 0 atom stereocenters. The maximum absolute atomic E-state index is 5.26. The minimum absolute atomic E-state index is 0.857. The van der Waals surface area contributed by atoms with Crippen LogP contribution in [0.1, 0.15) is 11.1 Å². The van der Waals surface area contributed by atoms with Crippen molar-refractivity contribution in [1.82, 2.24) is 0 Å². The van der Waals surface area contributed by atoms with Crippen LogP contribution >= 0.6 is 0 Å². The fourth-order valence-electron chi connectivity index (χ4n) is 1.58. The molecule has 0 aliphatic heterocycles. The molecule has 0 saturated carbocycles. The Morgan fingerprint density at radius 2 is 1.67 bits per heavy atom. The van der Waals surface area contributed by atoms with Crippen molar-refractivity contribution in [1.29, 1.82) is 0 Å². The molecule has 0 saturated heterocycles. The molecule has 88 valence electrons. The van der Waals surface area contributed by atoms with Gasteiger partial charge in [0.25, 0.3) is 0 Å². The third kappa shape index (κ3) is 3.26. The van der Waals surface area contributed by atoms with Gasteiger partial charge in [0.05, 0.1) is 7.11 Å². The van der Waals surface area contributed by atoms with Crippen LogP contribution in [0.15, 0.2) is 60.7 Å². The number of hydrogen-bond donors (Lipinski definition) is 0. The Bertz CT molecular complexity index is 586. The van der Waals surface area contributed by atoms with E-state index in [9.17, 15) is 0 Å². The van der Waals surface area contributed by atoms with Crippen molar-refractivity contribution in [3.8, 4) is 17.6 Å². The van der Waals surface area contributed by atoms with Crippen LogP contribution < -0.4 is 4.74 Å². The minimum Gasteiger partial charge on any atom is -0.496 e. The lowest BCUT2D eigenvalue weighted by atomic mass is 10.2. The molecule has 0 aliphatic rings. The van der Waals surface area contributed by atoms with Gasteiger partial charge >= 0.3 is 0 Å². The lowest BCUT2D eigenvalue weighted by Gasteiger charge is -2.02. The van der Waals surface area contributed by atoms with Gasteiger partial charge in [0.15, 0.2) is 0 Å². The smallest absolute Gasteiger partial charge is 0.126 e. The minimum atomic E-state index is 0.857. The molecular weight excluding hydrogens is 220 g/mol. The first-order valence-electron chi connectivity index (χ1n) is 5.76. The fraction of sp³-hybridized carbons (Fsp3) is 0.0588. The number of methoxy groups -OCH3 is 1. The van der Waals surface area contributed by atoms with Crippen LogP contribution in [0.3, 0.4) is 0 Å². The number of benzene rings is 2. The summed E-state index contributed by atoms with van der Waals surface area (Å²) >= 11 is 0. The lowest BCUT2D eigenvalue weighted by molar-refractivity contribution is 0.414. The Morgan fingerprint density at radius 3 is 2.44 bits per heavy atom. The molecular formula is C17H14O. The molecule has 2 rings (SSSR count). The van der Waals surface area contributed by atoms with E-state index < -0.39 is 0 Å². The van der Waals surface area contributed by atoms with E-state index in [-0.39, 0.29) is 0 Å². The molecule has 0 radical (unpaired) electrons. The first-order valence-corrected chi connectivity index (χ1v) is 5.76. The highest BCUT2D eigenvalue weighted by atomic mass is 16.5. The monoisotopic (exact) mass is 234 g/mol. The standard InChI is InChI=1S/C17H14O/c1-18-17-14-8-7-13-16(17)12-6-5-11-15-9-3-2-4-10-15/h2-4,6-10,12-14H,1H3/b12-6+. The Balaban J connectivity index is 2.11. The fourth-order valence-corrected chi connectivity index (χ4v) is 1.58. The van der Waals surface area contributed by atoms with E-state index in [0.717, 1.165) is 16.9 Å². The van der Waals surface area contributed by atoms with Gasteiger partial charge in [-0.2, -0.15) is 0 Å². The van der Waals surface area contributed by atoms with Gasteiger partial charge in [-0.25, -0.2) is 0 Å². The molecule has 0 fully saturated rings. The molecule has 0 N–H and O–H groups in total. The number of hydrogen-bond acceptors (Lipinski definition) is 1. The van der Waals surface area contributed by atoms with Gasteiger partial charge in [-0.1, -0.05) is 48.2 Å². The van der Waals surface area contributed by atoms with Crippen LogP contribution in [-0.4, -0.2) is 7.11 Å². The van der Waals surface area contributed by atoms with E-state index in [0.29, 0.717) is 0 Å². The van der Waals surface area contributed by atoms with Crippen LogP contribution in [0.2, 0.25) is 0 Å². The van der Waals surface area contributed by atoms with Crippen molar-refractivity contribution in [2.75, 3.05) is 7.11 Å². The normalized spacial score (nSPS) is 9.83. The Labute approximate surface area is 108 Å². The van der Waals surface area contributed by atoms with Crippen molar-refractivity contribution < 1.29 is 4.74 Å². The molecule has 0 aromatic heterocycles. The van der Waals surface area contributed by atoms with E-state index >= 15 is 0 Å². The average Bonchev–Trinajstić information content (AvgIpc) is 2.45. The molecule has 1 heteroatoms. The predicted octanol–water partition coefficient (Wildman–Crippen LogP) is 3.76. The first kappa shape index (κ1) is 12.0. The molecule has 0 amide bonds. The summed E-state index contributed by atoms with van der Waals surface area (Å²) in [6.45, 7) is 0. The maximum atomic E-state index is 5.26. The third-order valence-electron chi connectivity index (χ3n) is 2.48. The topological polar surface area (TPSA) is 9.23 Å². The number of para-hydroxylation sites is 1. The van der Waals surface area contributed by atoms with E-state index in [1.807, 2.05) is 66.7 Å². The molecule has 0 heterocycles. The van der Waals surface area contributed by atoms with Crippen molar-refractivity contribution in [3.63, 3.8) is 0 Å². The first-order chi connectivity index (χ1) is 8.90. The van der Waals surface area contributed by atoms with Gasteiger partial charge in [0.2, 0.25) is 0 Å². The van der Waals surface area contributed by atoms with Crippen LogP contribution in [0.5, 0.6) is 5.75 Å². The van der Waals surface area contributed by atoms with Gasteiger partial charge in [-0.3, -0.25) is 0 Å². The van der Waals surface area contributed by atoms with E-state index in [2.05, 4.69) is 11.8 Å². The second-order valence-corrected chi connectivity index (χ2v) is 3.71. The summed E-state index contributed by atoms with van der Waals surface area (Å²) in [5.41, 5.74) is 2.05. The van der Waals surface area contributed by atoms with Gasteiger partial charge in [0, 0.05) is 11.1 Å². The van der Waals surface area contributed by atoms with Crippen molar-refractivity contribution in [2.24, 2.45) is 0 Å². The zero-order valence-electron chi connectivity index (χ0n) is 10.3. The highest BCUT2D eigenvalue weighted by Crippen LogP contribution is 2.18. The number of rotatable bonds is 2. The summed E-state index contributed by atoms with van der Waals surface area (Å²) in [5, 5.41) is 0. The maximum Gasteiger partial charge on any atom is 0.126 e. The Hall–Kier alpha value is -2.46. The highest BCUT2D eigenvalue weighted by Gasteiger charge is 1.94. The predicted molar refractivity (Wildman–Crippen MR) is 75.3 cm³/mol. The molecule has 0 bridgehead atoms.